The molecule has 2 rings (SSSR count). The molecule has 3 unspecified atom stereocenters. The maximum Gasteiger partial charge on any atom is 0.0700 e. The number of piperidine rings is 1. The molecule has 106 valence electrons. The Bertz CT molecular complexity index is 243. The van der Waals surface area contributed by atoms with E-state index in [-0.39, 0.29) is 5.60 Å². The molecule has 2 nitrogen and oxygen atoms in total. The molecule has 2 fully saturated rings. The molecule has 0 radical (unpaired) electrons. The first-order chi connectivity index (χ1) is 8.74. The Morgan fingerprint density at radius 2 is 1.78 bits per heavy atom. The Hall–Kier alpha value is -0.0800. The predicted octanol–water partition coefficient (Wildman–Crippen LogP) is 3.58. The monoisotopic (exact) mass is 253 g/mol. The van der Waals surface area contributed by atoms with Crippen LogP contribution in [0.3, 0.4) is 0 Å². The van der Waals surface area contributed by atoms with Crippen LogP contribution in [0.2, 0.25) is 0 Å². The second kappa shape index (κ2) is 6.91. The fourth-order valence-corrected chi connectivity index (χ4v) is 3.75. The lowest BCUT2D eigenvalue weighted by Crippen LogP contribution is -2.46. The van der Waals surface area contributed by atoms with Crippen LogP contribution in [-0.4, -0.2) is 35.2 Å². The number of fused-ring (bicyclic) bond motifs is 2. The van der Waals surface area contributed by atoms with Gasteiger partial charge in [0.25, 0.3) is 0 Å². The maximum atomic E-state index is 10.8. The highest BCUT2D eigenvalue weighted by Crippen LogP contribution is 2.38. The van der Waals surface area contributed by atoms with Crippen LogP contribution in [0.4, 0.5) is 0 Å². The fraction of sp³-hybridized carbons (Fsp3) is 1.00. The normalized spacial score (nSPS) is 35.0. The summed E-state index contributed by atoms with van der Waals surface area (Å²) < 4.78 is 0. The van der Waals surface area contributed by atoms with E-state index in [9.17, 15) is 5.11 Å². The summed E-state index contributed by atoms with van der Waals surface area (Å²) in [6.45, 7) is 5.78. The molecule has 0 saturated carbocycles. The summed E-state index contributed by atoms with van der Waals surface area (Å²) in [6, 6.07) is 0. The standard InChI is InChI=1S/C16H31NO/c1-2-3-4-5-6-7-8-10-16(18)11-13-17-12-9-15(16)14-17/h15,18H,2-14H2,1H3. The zero-order chi connectivity index (χ0) is 12.8. The Morgan fingerprint density at radius 1 is 1.06 bits per heavy atom. The van der Waals surface area contributed by atoms with Gasteiger partial charge in [0, 0.05) is 19.0 Å². The molecule has 0 aromatic rings. The van der Waals surface area contributed by atoms with Gasteiger partial charge >= 0.3 is 0 Å². The van der Waals surface area contributed by atoms with Crippen LogP contribution in [0, 0.1) is 5.92 Å². The molecular weight excluding hydrogens is 222 g/mol. The van der Waals surface area contributed by atoms with Crippen LogP contribution in [-0.2, 0) is 0 Å². The number of nitrogens with zero attached hydrogens (tertiary/aromatic N) is 1. The first-order valence-corrected chi connectivity index (χ1v) is 8.19. The number of rotatable bonds is 8. The molecule has 2 aliphatic rings. The molecule has 0 aromatic heterocycles. The molecule has 2 heteroatoms. The quantitative estimate of drug-likeness (QED) is 0.668. The maximum absolute atomic E-state index is 10.8. The third kappa shape index (κ3) is 3.71. The molecule has 0 amide bonds. The van der Waals surface area contributed by atoms with Crippen LogP contribution in [0.15, 0.2) is 0 Å². The third-order valence-corrected chi connectivity index (χ3v) is 5.11. The SMILES string of the molecule is CCCCCCCCCC1(O)CCN2CCC1C2. The van der Waals surface area contributed by atoms with Crippen molar-refractivity contribution in [2.75, 3.05) is 19.6 Å². The summed E-state index contributed by atoms with van der Waals surface area (Å²) in [5.74, 6) is 0.575. The van der Waals surface area contributed by atoms with Gasteiger partial charge in [0.1, 0.15) is 0 Å². The number of unbranched alkanes of at least 4 members (excludes halogenated alkanes) is 6. The molecular formula is C16H31NO. The average molecular weight is 253 g/mol. The van der Waals surface area contributed by atoms with Crippen molar-refractivity contribution in [3.8, 4) is 0 Å². The van der Waals surface area contributed by atoms with E-state index in [2.05, 4.69) is 11.8 Å². The van der Waals surface area contributed by atoms with Crippen molar-refractivity contribution in [1.29, 1.82) is 0 Å². The van der Waals surface area contributed by atoms with Gasteiger partial charge in [0.2, 0.25) is 0 Å². The topological polar surface area (TPSA) is 23.5 Å². The largest absolute Gasteiger partial charge is 0.390 e. The second-order valence-electron chi connectivity index (χ2n) is 6.51. The lowest BCUT2D eigenvalue weighted by molar-refractivity contribution is -0.0526. The van der Waals surface area contributed by atoms with Crippen molar-refractivity contribution in [1.82, 2.24) is 4.90 Å². The van der Waals surface area contributed by atoms with Gasteiger partial charge in [-0.05, 0) is 25.8 Å². The summed E-state index contributed by atoms with van der Waals surface area (Å²) >= 11 is 0. The van der Waals surface area contributed by atoms with Gasteiger partial charge in [-0.15, -0.1) is 0 Å². The van der Waals surface area contributed by atoms with E-state index in [1.165, 1.54) is 57.9 Å². The van der Waals surface area contributed by atoms with Crippen LogP contribution >= 0.6 is 0 Å². The van der Waals surface area contributed by atoms with Crippen LogP contribution in [0.5, 0.6) is 0 Å². The summed E-state index contributed by atoms with van der Waals surface area (Å²) in [5, 5.41) is 10.8. The minimum absolute atomic E-state index is 0.309. The van der Waals surface area contributed by atoms with Crippen molar-refractivity contribution in [3.05, 3.63) is 0 Å². The molecule has 2 saturated heterocycles. The average Bonchev–Trinajstić information content (AvgIpc) is 2.79. The summed E-state index contributed by atoms with van der Waals surface area (Å²) in [7, 11) is 0. The smallest absolute Gasteiger partial charge is 0.0700 e. The molecule has 3 atom stereocenters. The summed E-state index contributed by atoms with van der Waals surface area (Å²) in [6.07, 6.45) is 12.7. The van der Waals surface area contributed by atoms with Crippen molar-refractivity contribution in [2.24, 2.45) is 5.92 Å². The highest BCUT2D eigenvalue weighted by molar-refractivity contribution is 4.97. The first kappa shape index (κ1) is 14.3. The fourth-order valence-electron chi connectivity index (χ4n) is 3.75. The lowest BCUT2D eigenvalue weighted by atomic mass is 9.78. The molecule has 1 N–H and O–H groups in total. The van der Waals surface area contributed by atoms with Gasteiger partial charge in [-0.3, -0.25) is 0 Å². The zero-order valence-corrected chi connectivity index (χ0v) is 12.2. The van der Waals surface area contributed by atoms with Crippen molar-refractivity contribution in [3.63, 3.8) is 0 Å². The Labute approximate surface area is 113 Å². The lowest BCUT2D eigenvalue weighted by Gasteiger charge is -2.39. The highest BCUT2D eigenvalue weighted by atomic mass is 16.3. The van der Waals surface area contributed by atoms with E-state index in [1.54, 1.807) is 0 Å². The molecule has 2 bridgehead atoms. The van der Waals surface area contributed by atoms with Crippen molar-refractivity contribution >= 4 is 0 Å². The second-order valence-corrected chi connectivity index (χ2v) is 6.51. The van der Waals surface area contributed by atoms with E-state index in [0.717, 1.165) is 25.9 Å². The van der Waals surface area contributed by atoms with Gasteiger partial charge in [-0.25, -0.2) is 0 Å². The van der Waals surface area contributed by atoms with Crippen molar-refractivity contribution < 1.29 is 5.11 Å². The minimum Gasteiger partial charge on any atom is -0.390 e. The van der Waals surface area contributed by atoms with Gasteiger partial charge < -0.3 is 10.0 Å². The minimum atomic E-state index is -0.309. The van der Waals surface area contributed by atoms with E-state index in [1.807, 2.05) is 0 Å². The van der Waals surface area contributed by atoms with Crippen LogP contribution in [0.1, 0.15) is 71.1 Å². The van der Waals surface area contributed by atoms with E-state index < -0.39 is 0 Å². The van der Waals surface area contributed by atoms with Gasteiger partial charge in [0.05, 0.1) is 5.60 Å². The predicted molar refractivity (Wildman–Crippen MR) is 76.7 cm³/mol. The first-order valence-electron chi connectivity index (χ1n) is 8.19. The molecule has 18 heavy (non-hydrogen) atoms. The number of aliphatic hydroxyl groups is 1. The summed E-state index contributed by atoms with van der Waals surface area (Å²) in [4.78, 5) is 2.52. The molecule has 2 heterocycles. The Morgan fingerprint density at radius 3 is 2.56 bits per heavy atom. The van der Waals surface area contributed by atoms with Gasteiger partial charge in [0.15, 0.2) is 0 Å². The van der Waals surface area contributed by atoms with Crippen molar-refractivity contribution in [2.45, 2.75) is 76.7 Å². The Kier molecular flexibility index (Phi) is 5.50. The molecule has 0 aromatic carbocycles. The summed E-state index contributed by atoms with van der Waals surface area (Å²) in [5.41, 5.74) is -0.309. The van der Waals surface area contributed by atoms with Crippen LogP contribution < -0.4 is 0 Å². The molecule has 0 aliphatic carbocycles. The van der Waals surface area contributed by atoms with E-state index in [0.29, 0.717) is 5.92 Å². The number of hydrogen-bond donors (Lipinski definition) is 1. The molecule has 0 spiro atoms. The number of hydrogen-bond acceptors (Lipinski definition) is 2. The van der Waals surface area contributed by atoms with Gasteiger partial charge in [-0.2, -0.15) is 0 Å². The van der Waals surface area contributed by atoms with E-state index >= 15 is 0 Å². The van der Waals surface area contributed by atoms with E-state index in [4.69, 9.17) is 0 Å². The Balaban J connectivity index is 1.58. The third-order valence-electron chi connectivity index (χ3n) is 5.11. The highest BCUT2D eigenvalue weighted by Gasteiger charge is 2.43. The molecule has 2 aliphatic heterocycles. The van der Waals surface area contributed by atoms with Crippen LogP contribution in [0.25, 0.3) is 0 Å². The zero-order valence-electron chi connectivity index (χ0n) is 12.2. The van der Waals surface area contributed by atoms with Gasteiger partial charge in [-0.1, -0.05) is 51.9 Å².